The molecule has 4 aliphatic carbocycles. The first kappa shape index (κ1) is 13.7. The van der Waals surface area contributed by atoms with Gasteiger partial charge in [0.15, 0.2) is 11.6 Å². The molecule has 0 aromatic heterocycles. The van der Waals surface area contributed by atoms with E-state index in [1.807, 2.05) is 0 Å². The van der Waals surface area contributed by atoms with Crippen molar-refractivity contribution < 1.29 is 36.6 Å². The van der Waals surface area contributed by atoms with Gasteiger partial charge in [0.25, 0.3) is 0 Å². The molecule has 0 heterocycles. The van der Waals surface area contributed by atoms with Gasteiger partial charge in [-0.2, -0.15) is 0 Å². The summed E-state index contributed by atoms with van der Waals surface area (Å²) in [4.78, 5) is 38.3. The number of aliphatic hydroxyl groups excluding tert-OH is 2. The summed E-state index contributed by atoms with van der Waals surface area (Å²) in [5, 5.41) is 31.6. The lowest BCUT2D eigenvalue weighted by Gasteiger charge is -2.58. The lowest BCUT2D eigenvalue weighted by Crippen LogP contribution is -2.62. The standard InChI is InChI=1S/C21H28O6/c1-19-5-3-11(23)7-14(19)15(24)8-12-13-4-6-21(27,17(26)10-22)20(13,2)9-16(25)18(12)19/h7,12-13,15,18,22,24,27H,3-6,8-10H2,1-2H3/t12-,13-,15+,18+,19-,20-,21-/m0/s1/i1D3,5D2. The average molecular weight is 381 g/mol. The number of carbonyl (C=O) groups is 3. The van der Waals surface area contributed by atoms with Crippen molar-refractivity contribution in [3.63, 3.8) is 0 Å². The molecule has 4 rings (SSSR count). The second-order valence-corrected chi connectivity index (χ2v) is 8.77. The third-order valence-corrected chi connectivity index (χ3v) is 7.65. The highest BCUT2D eigenvalue weighted by molar-refractivity contribution is 5.94. The summed E-state index contributed by atoms with van der Waals surface area (Å²) >= 11 is 0. The molecule has 148 valence electrons. The third kappa shape index (κ3) is 2.26. The summed E-state index contributed by atoms with van der Waals surface area (Å²) in [7, 11) is 0. The fourth-order valence-electron chi connectivity index (χ4n) is 6.33. The zero-order chi connectivity index (χ0) is 24.1. The Kier molecular flexibility index (Phi) is 2.96. The van der Waals surface area contributed by atoms with Crippen LogP contribution in [0, 0.1) is 28.6 Å². The van der Waals surface area contributed by atoms with Crippen LogP contribution in [0.25, 0.3) is 0 Å². The van der Waals surface area contributed by atoms with Crippen molar-refractivity contribution in [3.8, 4) is 0 Å². The van der Waals surface area contributed by atoms with E-state index in [0.29, 0.717) is 0 Å². The minimum Gasteiger partial charge on any atom is -0.389 e. The molecule has 3 saturated carbocycles. The maximum Gasteiger partial charge on any atom is 0.190 e. The fraction of sp³-hybridized carbons (Fsp3) is 0.762. The van der Waals surface area contributed by atoms with E-state index < -0.39 is 83.9 Å². The Morgan fingerprint density at radius 2 is 2.19 bits per heavy atom. The predicted octanol–water partition coefficient (Wildman–Crippen LogP) is 0.961. The molecular weight excluding hydrogens is 348 g/mol. The summed E-state index contributed by atoms with van der Waals surface area (Å²) in [6.45, 7) is -2.36. The van der Waals surface area contributed by atoms with Gasteiger partial charge < -0.3 is 15.3 Å². The van der Waals surface area contributed by atoms with Gasteiger partial charge in [0.1, 0.15) is 18.0 Å². The minimum atomic E-state index is -3.04. The van der Waals surface area contributed by atoms with Crippen molar-refractivity contribution in [1.29, 1.82) is 0 Å². The monoisotopic (exact) mass is 381 g/mol. The fourth-order valence-corrected chi connectivity index (χ4v) is 6.33. The predicted molar refractivity (Wildman–Crippen MR) is 95.5 cm³/mol. The second-order valence-electron chi connectivity index (χ2n) is 8.77. The van der Waals surface area contributed by atoms with Crippen molar-refractivity contribution in [2.24, 2.45) is 28.6 Å². The van der Waals surface area contributed by atoms with Crippen LogP contribution in [-0.4, -0.2) is 51.0 Å². The molecular formula is C21H28O6. The number of ketones is 3. The number of hydrogen-bond donors (Lipinski definition) is 3. The second kappa shape index (κ2) is 5.82. The lowest BCUT2D eigenvalue weighted by atomic mass is 9.45. The lowest BCUT2D eigenvalue weighted by molar-refractivity contribution is -0.172. The first-order valence-electron chi connectivity index (χ1n) is 11.9. The number of fused-ring (bicyclic) bond motifs is 5. The van der Waals surface area contributed by atoms with Gasteiger partial charge in [-0.05, 0) is 49.1 Å². The van der Waals surface area contributed by atoms with Crippen molar-refractivity contribution >= 4 is 17.3 Å². The first-order valence-corrected chi connectivity index (χ1v) is 9.41. The molecule has 6 nitrogen and oxygen atoms in total. The summed E-state index contributed by atoms with van der Waals surface area (Å²) in [6.07, 6.45) is -3.97. The van der Waals surface area contributed by atoms with Gasteiger partial charge in [-0.15, -0.1) is 0 Å². The van der Waals surface area contributed by atoms with E-state index in [0.717, 1.165) is 6.08 Å². The number of carbonyl (C=O) groups excluding carboxylic acids is 3. The Morgan fingerprint density at radius 1 is 1.44 bits per heavy atom. The van der Waals surface area contributed by atoms with Crippen LogP contribution in [0.4, 0.5) is 0 Å². The Morgan fingerprint density at radius 3 is 2.85 bits per heavy atom. The van der Waals surface area contributed by atoms with E-state index in [2.05, 4.69) is 0 Å². The zero-order valence-corrected chi connectivity index (χ0v) is 15.2. The van der Waals surface area contributed by atoms with E-state index >= 15 is 0 Å². The van der Waals surface area contributed by atoms with Gasteiger partial charge in [-0.25, -0.2) is 0 Å². The average Bonchev–Trinajstić information content (AvgIpc) is 2.91. The smallest absolute Gasteiger partial charge is 0.190 e. The van der Waals surface area contributed by atoms with E-state index in [4.69, 9.17) is 6.85 Å². The molecule has 0 aromatic rings. The van der Waals surface area contributed by atoms with Crippen LogP contribution in [0.3, 0.4) is 0 Å². The molecule has 0 bridgehead atoms. The van der Waals surface area contributed by atoms with Gasteiger partial charge >= 0.3 is 0 Å². The van der Waals surface area contributed by atoms with Gasteiger partial charge in [-0.1, -0.05) is 13.8 Å². The first-order chi connectivity index (χ1) is 14.6. The molecule has 4 aliphatic rings. The molecule has 0 aliphatic heterocycles. The maximum absolute atomic E-state index is 13.7. The maximum atomic E-state index is 13.7. The van der Waals surface area contributed by atoms with Crippen LogP contribution < -0.4 is 0 Å². The van der Waals surface area contributed by atoms with E-state index in [-0.39, 0.29) is 31.3 Å². The molecule has 6 heteroatoms. The van der Waals surface area contributed by atoms with Crippen LogP contribution in [0.5, 0.6) is 0 Å². The summed E-state index contributed by atoms with van der Waals surface area (Å²) in [6, 6.07) is 0. The van der Waals surface area contributed by atoms with Crippen molar-refractivity contribution in [3.05, 3.63) is 11.6 Å². The minimum absolute atomic E-state index is 0.0189. The topological polar surface area (TPSA) is 112 Å². The normalized spacial score (nSPS) is 54.2. The molecule has 0 amide bonds. The van der Waals surface area contributed by atoms with Crippen LogP contribution in [0.2, 0.25) is 0 Å². The molecule has 0 radical (unpaired) electrons. The quantitative estimate of drug-likeness (QED) is 0.657. The molecule has 3 N–H and O–H groups in total. The largest absolute Gasteiger partial charge is 0.389 e. The van der Waals surface area contributed by atoms with Crippen LogP contribution in [-0.2, 0) is 14.4 Å². The number of hydrogen-bond acceptors (Lipinski definition) is 6. The van der Waals surface area contributed by atoms with Gasteiger partial charge in [0.05, 0.1) is 6.10 Å². The Balaban J connectivity index is 1.94. The number of Topliss-reactive ketones (excluding diaryl/α,β-unsaturated/α-hetero) is 2. The Hall–Kier alpha value is -1.37. The highest BCUT2D eigenvalue weighted by atomic mass is 16.3. The summed E-state index contributed by atoms with van der Waals surface area (Å²) < 4.78 is 42.3. The number of aliphatic hydroxyl groups is 3. The van der Waals surface area contributed by atoms with Crippen molar-refractivity contribution in [1.82, 2.24) is 0 Å². The highest BCUT2D eigenvalue weighted by Crippen LogP contribution is 2.66. The molecule has 0 spiro atoms. The van der Waals surface area contributed by atoms with Crippen LogP contribution in [0.15, 0.2) is 11.6 Å². The molecule has 7 atom stereocenters. The van der Waals surface area contributed by atoms with Gasteiger partial charge in [-0.3, -0.25) is 14.4 Å². The molecule has 0 saturated heterocycles. The SMILES string of the molecule is [2H]C([2H])([2H])[C@@]12C(=CC(=O)CC1([2H])[2H])[C@H](O)C[C@@H]1[C@@H]2C(=O)C[C@@]2(C)[C@H]1CC[C@]2(O)C(=O)CO. The summed E-state index contributed by atoms with van der Waals surface area (Å²) in [5.41, 5.74) is -5.88. The van der Waals surface area contributed by atoms with Crippen LogP contribution in [0.1, 0.15) is 59.1 Å². The Labute approximate surface area is 165 Å². The highest BCUT2D eigenvalue weighted by Gasteiger charge is 2.69. The molecule has 0 aromatic carbocycles. The molecule has 27 heavy (non-hydrogen) atoms. The molecule has 3 fully saturated rings. The Bertz CT molecular complexity index is 928. The van der Waals surface area contributed by atoms with E-state index in [1.54, 1.807) is 6.92 Å². The van der Waals surface area contributed by atoms with Crippen molar-refractivity contribution in [2.75, 3.05) is 6.61 Å². The van der Waals surface area contributed by atoms with Crippen LogP contribution >= 0.6 is 0 Å². The third-order valence-electron chi connectivity index (χ3n) is 7.65. The molecule has 0 unspecified atom stereocenters. The van der Waals surface area contributed by atoms with Gasteiger partial charge in [0, 0.05) is 36.4 Å². The van der Waals surface area contributed by atoms with Gasteiger partial charge in [0.2, 0.25) is 0 Å². The zero-order valence-electron chi connectivity index (χ0n) is 20.2. The van der Waals surface area contributed by atoms with E-state index in [1.165, 1.54) is 0 Å². The van der Waals surface area contributed by atoms with Crippen molar-refractivity contribution in [2.45, 2.75) is 64.0 Å². The van der Waals surface area contributed by atoms with E-state index in [9.17, 15) is 29.7 Å². The summed E-state index contributed by atoms with van der Waals surface area (Å²) in [5.74, 6) is -4.74. The number of rotatable bonds is 2.